The summed E-state index contributed by atoms with van der Waals surface area (Å²) in [6.45, 7) is 0.192. The number of methoxy groups -OCH3 is 1. The second-order valence-electron chi connectivity index (χ2n) is 6.20. The molecule has 0 unspecified atom stereocenters. The highest BCUT2D eigenvalue weighted by Gasteiger charge is 2.13. The smallest absolute Gasteiger partial charge is 0.271 e. The number of ether oxygens (including phenoxy) is 1. The van der Waals surface area contributed by atoms with Crippen molar-refractivity contribution in [2.24, 2.45) is 0 Å². The zero-order valence-corrected chi connectivity index (χ0v) is 16.6. The highest BCUT2D eigenvalue weighted by Crippen LogP contribution is 2.17. The summed E-state index contributed by atoms with van der Waals surface area (Å²) in [5.41, 5.74) is 1.65. The SMILES string of the molecule is COc1ccc(CNC(=O)CNC(=O)c2csc(Cc3ccccc3F)n2)cc1. The molecule has 2 aromatic carbocycles. The monoisotopic (exact) mass is 413 g/mol. The Balaban J connectivity index is 1.46. The molecule has 0 radical (unpaired) electrons. The van der Waals surface area contributed by atoms with Gasteiger partial charge in [-0.05, 0) is 29.3 Å². The van der Waals surface area contributed by atoms with Gasteiger partial charge in [0, 0.05) is 18.3 Å². The maximum absolute atomic E-state index is 13.7. The van der Waals surface area contributed by atoms with Gasteiger partial charge in [0.1, 0.15) is 17.3 Å². The van der Waals surface area contributed by atoms with E-state index in [1.54, 1.807) is 30.7 Å². The second kappa shape index (κ2) is 9.79. The van der Waals surface area contributed by atoms with Crippen LogP contribution in [0.1, 0.15) is 26.6 Å². The van der Waals surface area contributed by atoms with Crippen LogP contribution in [-0.4, -0.2) is 30.5 Å². The number of hydrogen-bond donors (Lipinski definition) is 2. The topological polar surface area (TPSA) is 80.3 Å². The molecule has 2 N–H and O–H groups in total. The number of aromatic nitrogens is 1. The Labute approximate surface area is 171 Å². The molecule has 0 atom stereocenters. The van der Waals surface area contributed by atoms with Crippen LogP contribution in [0.2, 0.25) is 0 Å². The molecule has 0 fully saturated rings. The third-order valence-corrected chi connectivity index (χ3v) is 4.99. The number of thiazole rings is 1. The van der Waals surface area contributed by atoms with Gasteiger partial charge in [0.2, 0.25) is 5.91 Å². The Morgan fingerprint density at radius 2 is 1.86 bits per heavy atom. The van der Waals surface area contributed by atoms with Crippen molar-refractivity contribution in [1.82, 2.24) is 15.6 Å². The first-order valence-corrected chi connectivity index (χ1v) is 9.79. The van der Waals surface area contributed by atoms with Gasteiger partial charge in [-0.15, -0.1) is 11.3 Å². The van der Waals surface area contributed by atoms with Crippen molar-refractivity contribution in [3.8, 4) is 5.75 Å². The van der Waals surface area contributed by atoms with Gasteiger partial charge in [-0.25, -0.2) is 9.37 Å². The van der Waals surface area contributed by atoms with Crippen molar-refractivity contribution in [3.05, 3.63) is 81.6 Å². The standard InChI is InChI=1S/C21H20FN3O3S/c1-28-16-8-6-14(7-9-16)11-23-19(26)12-24-21(27)18-13-29-20(25-18)10-15-4-2-3-5-17(15)22/h2-9,13H,10-12H2,1H3,(H,23,26)(H,24,27). The number of carbonyl (C=O) groups excluding carboxylic acids is 2. The summed E-state index contributed by atoms with van der Waals surface area (Å²) in [5, 5.41) is 7.50. The second-order valence-corrected chi connectivity index (χ2v) is 7.14. The molecule has 3 aromatic rings. The van der Waals surface area contributed by atoms with E-state index in [1.807, 2.05) is 24.3 Å². The van der Waals surface area contributed by atoms with E-state index in [0.29, 0.717) is 23.5 Å². The predicted octanol–water partition coefficient (Wildman–Crippen LogP) is 2.93. The highest BCUT2D eigenvalue weighted by atomic mass is 32.1. The summed E-state index contributed by atoms with van der Waals surface area (Å²) >= 11 is 1.28. The molecule has 2 amide bonds. The first-order chi connectivity index (χ1) is 14.0. The minimum atomic E-state index is -0.444. The third-order valence-electron chi connectivity index (χ3n) is 4.14. The van der Waals surface area contributed by atoms with E-state index in [9.17, 15) is 14.0 Å². The Hall–Kier alpha value is -3.26. The van der Waals surface area contributed by atoms with Crippen molar-refractivity contribution < 1.29 is 18.7 Å². The van der Waals surface area contributed by atoms with Gasteiger partial charge >= 0.3 is 0 Å². The summed E-state index contributed by atoms with van der Waals surface area (Å²) in [5.74, 6) is -0.316. The Kier molecular flexibility index (Phi) is 6.91. The molecule has 3 rings (SSSR count). The van der Waals surface area contributed by atoms with Crippen molar-refractivity contribution in [2.45, 2.75) is 13.0 Å². The number of carbonyl (C=O) groups is 2. The number of hydrogen-bond acceptors (Lipinski definition) is 5. The lowest BCUT2D eigenvalue weighted by Crippen LogP contribution is -2.36. The van der Waals surface area contributed by atoms with Gasteiger partial charge in [-0.3, -0.25) is 9.59 Å². The minimum absolute atomic E-state index is 0.158. The summed E-state index contributed by atoms with van der Waals surface area (Å²) < 4.78 is 18.8. The van der Waals surface area contributed by atoms with Crippen LogP contribution >= 0.6 is 11.3 Å². The van der Waals surface area contributed by atoms with E-state index in [1.165, 1.54) is 17.4 Å². The minimum Gasteiger partial charge on any atom is -0.497 e. The summed E-state index contributed by atoms with van der Waals surface area (Å²) in [6.07, 6.45) is 0.312. The lowest BCUT2D eigenvalue weighted by molar-refractivity contribution is -0.120. The molecule has 29 heavy (non-hydrogen) atoms. The molecule has 8 heteroatoms. The van der Waals surface area contributed by atoms with E-state index in [0.717, 1.165) is 11.3 Å². The first-order valence-electron chi connectivity index (χ1n) is 8.91. The molecule has 0 bridgehead atoms. The predicted molar refractivity (Wildman–Crippen MR) is 108 cm³/mol. The molecule has 0 spiro atoms. The maximum Gasteiger partial charge on any atom is 0.271 e. The number of benzene rings is 2. The van der Waals surface area contributed by atoms with E-state index in [4.69, 9.17) is 4.74 Å². The number of amides is 2. The van der Waals surface area contributed by atoms with E-state index in [2.05, 4.69) is 15.6 Å². The fourth-order valence-electron chi connectivity index (χ4n) is 2.56. The molecular formula is C21H20FN3O3S. The van der Waals surface area contributed by atoms with Gasteiger partial charge < -0.3 is 15.4 Å². The number of rotatable bonds is 8. The number of nitrogens with one attached hydrogen (secondary N) is 2. The molecule has 150 valence electrons. The average molecular weight is 413 g/mol. The maximum atomic E-state index is 13.7. The van der Waals surface area contributed by atoms with Crippen LogP contribution in [0.15, 0.2) is 53.9 Å². The van der Waals surface area contributed by atoms with Crippen molar-refractivity contribution in [2.75, 3.05) is 13.7 Å². The van der Waals surface area contributed by atoms with E-state index < -0.39 is 5.91 Å². The van der Waals surface area contributed by atoms with Gasteiger partial charge in [0.05, 0.1) is 18.7 Å². The van der Waals surface area contributed by atoms with Crippen LogP contribution in [0.4, 0.5) is 4.39 Å². The zero-order chi connectivity index (χ0) is 20.6. The van der Waals surface area contributed by atoms with Crippen molar-refractivity contribution in [1.29, 1.82) is 0 Å². The Morgan fingerprint density at radius 1 is 1.10 bits per heavy atom. The normalized spacial score (nSPS) is 10.4. The summed E-state index contributed by atoms with van der Waals surface area (Å²) in [6, 6.07) is 13.8. The molecule has 1 aromatic heterocycles. The van der Waals surface area contributed by atoms with Crippen LogP contribution in [0.3, 0.4) is 0 Å². The summed E-state index contributed by atoms with van der Waals surface area (Å²) in [4.78, 5) is 28.4. The van der Waals surface area contributed by atoms with Gasteiger partial charge in [0.15, 0.2) is 0 Å². The molecule has 0 aliphatic heterocycles. The quantitative estimate of drug-likeness (QED) is 0.595. The van der Waals surface area contributed by atoms with Crippen LogP contribution in [0.25, 0.3) is 0 Å². The van der Waals surface area contributed by atoms with Gasteiger partial charge in [-0.1, -0.05) is 30.3 Å². The van der Waals surface area contributed by atoms with Gasteiger partial charge in [0.25, 0.3) is 5.91 Å². The van der Waals surface area contributed by atoms with Crippen LogP contribution in [-0.2, 0) is 17.8 Å². The molecule has 0 aliphatic carbocycles. The molecule has 1 heterocycles. The zero-order valence-electron chi connectivity index (χ0n) is 15.8. The molecule has 6 nitrogen and oxygen atoms in total. The largest absolute Gasteiger partial charge is 0.497 e. The Morgan fingerprint density at radius 3 is 2.59 bits per heavy atom. The number of halogens is 1. The van der Waals surface area contributed by atoms with E-state index in [-0.39, 0.29) is 24.0 Å². The number of nitrogens with zero attached hydrogens (tertiary/aromatic N) is 1. The fourth-order valence-corrected chi connectivity index (χ4v) is 3.36. The van der Waals surface area contributed by atoms with Crippen molar-refractivity contribution in [3.63, 3.8) is 0 Å². The van der Waals surface area contributed by atoms with Crippen LogP contribution in [0.5, 0.6) is 5.75 Å². The van der Waals surface area contributed by atoms with Gasteiger partial charge in [-0.2, -0.15) is 0 Å². The van der Waals surface area contributed by atoms with Crippen molar-refractivity contribution >= 4 is 23.2 Å². The molecular weight excluding hydrogens is 393 g/mol. The Bertz CT molecular complexity index is 989. The average Bonchev–Trinajstić information content (AvgIpc) is 3.21. The lowest BCUT2D eigenvalue weighted by atomic mass is 10.1. The van der Waals surface area contributed by atoms with E-state index >= 15 is 0 Å². The van der Waals surface area contributed by atoms with Crippen LogP contribution < -0.4 is 15.4 Å². The fraction of sp³-hybridized carbons (Fsp3) is 0.190. The summed E-state index contributed by atoms with van der Waals surface area (Å²) in [7, 11) is 1.59. The third kappa shape index (κ3) is 5.86. The van der Waals surface area contributed by atoms with Crippen LogP contribution in [0, 0.1) is 5.82 Å². The molecule has 0 saturated heterocycles. The molecule has 0 aliphatic rings. The first kappa shape index (κ1) is 20.5. The highest BCUT2D eigenvalue weighted by molar-refractivity contribution is 7.09. The molecule has 0 saturated carbocycles. The lowest BCUT2D eigenvalue weighted by Gasteiger charge is -2.07.